The Labute approximate surface area is 132 Å². The second-order valence-corrected chi connectivity index (χ2v) is 6.09. The van der Waals surface area contributed by atoms with Gasteiger partial charge in [0.2, 0.25) is 0 Å². The van der Waals surface area contributed by atoms with E-state index in [9.17, 15) is 0 Å². The van der Waals surface area contributed by atoms with Crippen LogP contribution in [0.4, 0.5) is 0 Å². The number of hydrogen-bond donors (Lipinski definition) is 0. The van der Waals surface area contributed by atoms with Gasteiger partial charge in [0.15, 0.2) is 0 Å². The van der Waals surface area contributed by atoms with Gasteiger partial charge in [-0.05, 0) is 51.0 Å². The molecule has 1 saturated heterocycles. The highest BCUT2D eigenvalue weighted by atomic mass is 16.5. The van der Waals surface area contributed by atoms with Gasteiger partial charge in [0, 0.05) is 25.4 Å². The first-order valence-electron chi connectivity index (χ1n) is 8.01. The lowest BCUT2D eigenvalue weighted by molar-refractivity contribution is 0.0649. The second-order valence-electron chi connectivity index (χ2n) is 6.09. The molecule has 1 aliphatic heterocycles. The number of ether oxygens (including phenoxy) is 1. The minimum Gasteiger partial charge on any atom is -0.465 e. The third kappa shape index (κ3) is 4.18. The summed E-state index contributed by atoms with van der Waals surface area (Å²) in [5.74, 6) is 1.96. The number of hydrogen-bond acceptors (Lipinski definition) is 4. The van der Waals surface area contributed by atoms with Crippen LogP contribution in [0, 0.1) is 13.8 Å². The van der Waals surface area contributed by atoms with E-state index in [1.807, 2.05) is 26.0 Å². The maximum atomic E-state index is 5.80. The zero-order valence-electron chi connectivity index (χ0n) is 13.4. The summed E-state index contributed by atoms with van der Waals surface area (Å²) in [5.41, 5.74) is 2.16. The van der Waals surface area contributed by atoms with Crippen molar-refractivity contribution in [1.82, 2.24) is 9.88 Å². The molecule has 0 aliphatic carbocycles. The van der Waals surface area contributed by atoms with Crippen LogP contribution in [-0.2, 0) is 17.8 Å². The molecule has 0 saturated carbocycles. The average molecular weight is 300 g/mol. The number of furan rings is 1. The van der Waals surface area contributed by atoms with E-state index in [2.05, 4.69) is 28.1 Å². The molecule has 2 aromatic rings. The average Bonchev–Trinajstić information content (AvgIpc) is 3.11. The van der Waals surface area contributed by atoms with Gasteiger partial charge in [-0.2, -0.15) is 0 Å². The Kier molecular flexibility index (Phi) is 4.90. The molecular weight excluding hydrogens is 276 g/mol. The van der Waals surface area contributed by atoms with Gasteiger partial charge in [-0.1, -0.05) is 6.07 Å². The molecule has 0 aromatic carbocycles. The highest BCUT2D eigenvalue weighted by Gasteiger charge is 2.20. The van der Waals surface area contributed by atoms with Gasteiger partial charge in [0.25, 0.3) is 0 Å². The molecule has 118 valence electrons. The van der Waals surface area contributed by atoms with Gasteiger partial charge < -0.3 is 9.15 Å². The molecule has 1 aliphatic rings. The van der Waals surface area contributed by atoms with Crippen LogP contribution in [0.25, 0.3) is 0 Å². The molecule has 0 amide bonds. The van der Waals surface area contributed by atoms with Gasteiger partial charge in [0.1, 0.15) is 11.5 Å². The Morgan fingerprint density at radius 1 is 1.18 bits per heavy atom. The van der Waals surface area contributed by atoms with Gasteiger partial charge in [0.05, 0.1) is 18.3 Å². The monoisotopic (exact) mass is 300 g/mol. The lowest BCUT2D eigenvalue weighted by atomic mass is 10.2. The van der Waals surface area contributed by atoms with Crippen molar-refractivity contribution in [2.45, 2.75) is 45.9 Å². The molecule has 3 rings (SSSR count). The summed E-state index contributed by atoms with van der Waals surface area (Å²) in [7, 11) is 0. The largest absolute Gasteiger partial charge is 0.465 e. The highest BCUT2D eigenvalue weighted by Crippen LogP contribution is 2.18. The van der Waals surface area contributed by atoms with E-state index in [1.165, 1.54) is 6.42 Å². The van der Waals surface area contributed by atoms with E-state index >= 15 is 0 Å². The summed E-state index contributed by atoms with van der Waals surface area (Å²) in [6, 6.07) is 10.3. The molecule has 4 nitrogen and oxygen atoms in total. The number of rotatable bonds is 6. The molecule has 0 bridgehead atoms. The van der Waals surface area contributed by atoms with Crippen LogP contribution in [0.3, 0.4) is 0 Å². The van der Waals surface area contributed by atoms with Crippen LogP contribution in [0.1, 0.15) is 35.7 Å². The topological polar surface area (TPSA) is 38.5 Å². The predicted octanol–water partition coefficient (Wildman–Crippen LogP) is 3.47. The zero-order valence-corrected chi connectivity index (χ0v) is 13.4. The molecule has 1 fully saturated rings. The molecular formula is C18H24N2O2. The Morgan fingerprint density at radius 3 is 2.77 bits per heavy atom. The van der Waals surface area contributed by atoms with Crippen LogP contribution in [0.5, 0.6) is 0 Å². The van der Waals surface area contributed by atoms with E-state index in [0.29, 0.717) is 6.10 Å². The van der Waals surface area contributed by atoms with Gasteiger partial charge in [-0.3, -0.25) is 9.88 Å². The minimum atomic E-state index is 0.334. The van der Waals surface area contributed by atoms with Crippen LogP contribution in [0.15, 0.2) is 34.7 Å². The summed E-state index contributed by atoms with van der Waals surface area (Å²) < 4.78 is 11.5. The van der Waals surface area contributed by atoms with E-state index in [-0.39, 0.29) is 0 Å². The summed E-state index contributed by atoms with van der Waals surface area (Å²) in [6.45, 7) is 7.45. The van der Waals surface area contributed by atoms with E-state index < -0.39 is 0 Å². The van der Waals surface area contributed by atoms with E-state index in [0.717, 1.165) is 55.6 Å². The molecule has 22 heavy (non-hydrogen) atoms. The molecule has 0 spiro atoms. The molecule has 0 radical (unpaired) electrons. The third-order valence-corrected chi connectivity index (χ3v) is 3.99. The zero-order chi connectivity index (χ0) is 15.4. The Balaban J connectivity index is 1.69. The number of aromatic nitrogens is 1. The molecule has 1 atom stereocenters. The first-order chi connectivity index (χ1) is 10.7. The summed E-state index contributed by atoms with van der Waals surface area (Å²) in [4.78, 5) is 6.99. The van der Waals surface area contributed by atoms with Gasteiger partial charge >= 0.3 is 0 Å². The van der Waals surface area contributed by atoms with Crippen molar-refractivity contribution in [3.05, 3.63) is 53.2 Å². The van der Waals surface area contributed by atoms with E-state index in [4.69, 9.17) is 9.15 Å². The Bertz CT molecular complexity index is 603. The Morgan fingerprint density at radius 2 is 2.09 bits per heavy atom. The predicted molar refractivity (Wildman–Crippen MR) is 85.5 cm³/mol. The van der Waals surface area contributed by atoms with Crippen LogP contribution in [-0.4, -0.2) is 29.1 Å². The minimum absolute atomic E-state index is 0.334. The quantitative estimate of drug-likeness (QED) is 0.819. The molecule has 0 N–H and O–H groups in total. The number of pyridine rings is 1. The second kappa shape index (κ2) is 7.07. The first-order valence-corrected chi connectivity index (χ1v) is 8.01. The van der Waals surface area contributed by atoms with Crippen molar-refractivity contribution >= 4 is 0 Å². The summed E-state index contributed by atoms with van der Waals surface area (Å²) in [6.07, 6.45) is 2.65. The Hall–Kier alpha value is -1.65. The smallest absolute Gasteiger partial charge is 0.118 e. The fourth-order valence-electron chi connectivity index (χ4n) is 2.97. The summed E-state index contributed by atoms with van der Waals surface area (Å²) in [5, 5.41) is 0. The lowest BCUT2D eigenvalue weighted by Gasteiger charge is -2.24. The SMILES string of the molecule is Cc1cccc(CN(Cc2ccc(C)o2)CC2CCCO2)n1. The first kappa shape index (κ1) is 15.3. The molecule has 3 heterocycles. The maximum Gasteiger partial charge on any atom is 0.118 e. The lowest BCUT2D eigenvalue weighted by Crippen LogP contribution is -2.31. The molecule has 1 unspecified atom stereocenters. The van der Waals surface area contributed by atoms with Gasteiger partial charge in [-0.15, -0.1) is 0 Å². The van der Waals surface area contributed by atoms with Crippen molar-refractivity contribution in [3.8, 4) is 0 Å². The van der Waals surface area contributed by atoms with Crippen molar-refractivity contribution in [2.75, 3.05) is 13.2 Å². The van der Waals surface area contributed by atoms with Crippen molar-refractivity contribution in [3.63, 3.8) is 0 Å². The van der Waals surface area contributed by atoms with Crippen LogP contribution < -0.4 is 0 Å². The normalized spacial score (nSPS) is 18.2. The standard InChI is InChI=1S/C18H24N2O2/c1-14-5-3-6-16(19-14)11-20(12-17-7-4-10-21-17)13-18-9-8-15(2)22-18/h3,5-6,8-9,17H,4,7,10-13H2,1-2H3. The summed E-state index contributed by atoms with van der Waals surface area (Å²) >= 11 is 0. The van der Waals surface area contributed by atoms with Crippen LogP contribution in [0.2, 0.25) is 0 Å². The maximum absolute atomic E-state index is 5.80. The van der Waals surface area contributed by atoms with E-state index in [1.54, 1.807) is 0 Å². The number of nitrogens with zero attached hydrogens (tertiary/aromatic N) is 2. The highest BCUT2D eigenvalue weighted by molar-refractivity contribution is 5.10. The van der Waals surface area contributed by atoms with Crippen LogP contribution >= 0.6 is 0 Å². The van der Waals surface area contributed by atoms with Crippen molar-refractivity contribution in [2.24, 2.45) is 0 Å². The fraction of sp³-hybridized carbons (Fsp3) is 0.500. The number of aryl methyl sites for hydroxylation is 2. The third-order valence-electron chi connectivity index (χ3n) is 3.99. The molecule has 2 aromatic heterocycles. The fourth-order valence-corrected chi connectivity index (χ4v) is 2.97. The van der Waals surface area contributed by atoms with Crippen molar-refractivity contribution in [1.29, 1.82) is 0 Å². The van der Waals surface area contributed by atoms with Gasteiger partial charge in [-0.25, -0.2) is 0 Å². The van der Waals surface area contributed by atoms with Crippen molar-refractivity contribution < 1.29 is 9.15 Å². The molecule has 4 heteroatoms.